The van der Waals surface area contributed by atoms with Crippen LogP contribution < -0.4 is 4.40 Å². The third kappa shape index (κ3) is 9.02. The normalized spacial score (nSPS) is 13.4. The predicted molar refractivity (Wildman–Crippen MR) is 259 cm³/mol. The van der Waals surface area contributed by atoms with Crippen LogP contribution in [-0.4, -0.2) is 32.8 Å². The first kappa shape index (κ1) is 38.5. The molecule has 0 saturated carbocycles. The fourth-order valence-electron chi connectivity index (χ4n) is 8.04. The number of nitrogens with zero attached hydrogens (tertiary/aromatic N) is 4. The number of furan rings is 1. The largest absolute Gasteiger partial charge is 0 e. The number of hydrogen-bond acceptors (Lipinski definition) is 4. The van der Waals surface area contributed by atoms with Crippen LogP contribution in [0.3, 0.4) is 0 Å². The van der Waals surface area contributed by atoms with Gasteiger partial charge < -0.3 is 8.98 Å². The molecule has 1 radical (unpaired) electrons. The van der Waals surface area contributed by atoms with Gasteiger partial charge in [0.1, 0.15) is 0 Å². The number of hydrogen-bond donors (Lipinski definition) is 0. The molecule has 0 N–H and O–H groups in total. The van der Waals surface area contributed by atoms with Crippen molar-refractivity contribution in [3.05, 3.63) is 162 Å². The minimum absolute atomic E-state index is 0. The van der Waals surface area contributed by atoms with Gasteiger partial charge >= 0.3 is 128 Å². The molecule has 5 aromatic carbocycles. The number of aromatic nitrogens is 4. The number of benzene rings is 5. The number of imidazole rings is 1. The van der Waals surface area contributed by atoms with Crippen LogP contribution in [0.1, 0.15) is 82.5 Å². The molecule has 317 valence electrons. The van der Waals surface area contributed by atoms with E-state index >= 15 is 0 Å². The van der Waals surface area contributed by atoms with E-state index in [0.717, 1.165) is 37.9 Å². The van der Waals surface area contributed by atoms with Crippen molar-refractivity contribution in [2.75, 3.05) is 0 Å². The Kier molecular flexibility index (Phi) is 11.6. The summed E-state index contributed by atoms with van der Waals surface area (Å²) >= 11 is -2.20. The predicted octanol–water partition coefficient (Wildman–Crippen LogP) is 14.3. The average molecular weight is 1060 g/mol. The smallest absolute Gasteiger partial charge is 0 e. The molecule has 0 amide bonds. The van der Waals surface area contributed by atoms with Crippen LogP contribution in [0.4, 0.5) is 0 Å². The topological polar surface area (TPSA) is 56.7 Å². The zero-order valence-corrected chi connectivity index (χ0v) is 41.4. The molecule has 0 saturated heterocycles. The zero-order valence-electron chi connectivity index (χ0n) is 41.9. The minimum Gasteiger partial charge on any atom is 0 e. The average Bonchev–Trinajstić information content (AvgIpc) is 3.87. The van der Waals surface area contributed by atoms with Crippen molar-refractivity contribution < 1.29 is 31.4 Å². The summed E-state index contributed by atoms with van der Waals surface area (Å²) in [5, 5.41) is 1.18. The maximum absolute atomic E-state index is 8.56. The Labute approximate surface area is 390 Å². The van der Waals surface area contributed by atoms with Gasteiger partial charge in [-0.15, -0.1) is 17.7 Å². The van der Waals surface area contributed by atoms with Gasteiger partial charge in [0.25, 0.3) is 0 Å². The molecule has 4 aromatic heterocycles. The number of rotatable bonds is 9. The summed E-state index contributed by atoms with van der Waals surface area (Å²) in [6.45, 7) is 10.4. The van der Waals surface area contributed by atoms with Gasteiger partial charge in [0.2, 0.25) is 5.71 Å². The standard InChI is InChI=1S/C37H32N3O.C18H24GeN.Ir/c1-22(2)29-20-26(25-12-7-6-8-13-25)21-30(23(3)4)34(29)40-32-16-10-9-15-31(32)39-36(40)28-18-17-24(5)33-27-14-11-19-38-37(27)41-35(28)33;1-14(2)11-16-12-18(15-9-7-6-8-10-15)20-13-17(16)19(3,4)5;/h6-17,19-23H,1-5H3;6-9,12-14H,11H2,1-5H3;/q2*-1;/i5D3;11D2;. The maximum Gasteiger partial charge on any atom is 0 e. The summed E-state index contributed by atoms with van der Waals surface area (Å²) in [5.74, 6) is 7.83. The number of fused-ring (bicyclic) bond motifs is 4. The van der Waals surface area contributed by atoms with Crippen LogP contribution in [0, 0.1) is 24.9 Å². The first-order valence-electron chi connectivity index (χ1n) is 23.7. The molecule has 0 aliphatic heterocycles. The Morgan fingerprint density at radius 1 is 0.790 bits per heavy atom. The summed E-state index contributed by atoms with van der Waals surface area (Å²) in [6, 6.07) is 44.5. The Morgan fingerprint density at radius 3 is 2.16 bits per heavy atom. The van der Waals surface area contributed by atoms with E-state index in [1.165, 1.54) is 22.3 Å². The molecular formula is C55H56GeIrN4O-2. The molecule has 62 heavy (non-hydrogen) atoms. The van der Waals surface area contributed by atoms with E-state index in [1.54, 1.807) is 18.3 Å². The van der Waals surface area contributed by atoms with E-state index in [1.807, 2.05) is 80.7 Å². The van der Waals surface area contributed by atoms with E-state index in [2.05, 4.69) is 114 Å². The molecule has 5 nitrogen and oxygen atoms in total. The summed E-state index contributed by atoms with van der Waals surface area (Å²) < 4.78 is 51.7. The second-order valence-corrected chi connectivity index (χ2v) is 28.2. The Morgan fingerprint density at radius 2 is 1.50 bits per heavy atom. The van der Waals surface area contributed by atoms with Gasteiger partial charge in [-0.2, -0.15) is 0 Å². The zero-order chi connectivity index (χ0) is 47.3. The van der Waals surface area contributed by atoms with Gasteiger partial charge in [-0.1, -0.05) is 88.0 Å². The maximum atomic E-state index is 8.56. The van der Waals surface area contributed by atoms with Crippen LogP contribution in [0.25, 0.3) is 72.6 Å². The minimum atomic E-state index is -2.36. The first-order chi connectivity index (χ1) is 31.3. The summed E-state index contributed by atoms with van der Waals surface area (Å²) in [6.07, 6.45) is 2.21. The van der Waals surface area contributed by atoms with Crippen LogP contribution in [0.2, 0.25) is 17.3 Å². The van der Waals surface area contributed by atoms with Gasteiger partial charge in [-0.05, 0) is 70.5 Å². The van der Waals surface area contributed by atoms with Crippen molar-refractivity contribution in [1.29, 1.82) is 0 Å². The van der Waals surface area contributed by atoms with E-state index in [9.17, 15) is 0 Å². The van der Waals surface area contributed by atoms with E-state index in [-0.39, 0.29) is 43.4 Å². The van der Waals surface area contributed by atoms with Crippen LogP contribution in [0.5, 0.6) is 0 Å². The summed E-state index contributed by atoms with van der Waals surface area (Å²) in [7, 11) is 0. The molecule has 9 aromatic rings. The SMILES string of the molecule is [2H]C([2H])([2H])c1c[c-]c(-c2nc3ccccc3n2-c2c(C(C)C)cc(-c3ccccc3)cc2C(C)C)c2oc3ncccc3c12.[2H]C([2H])(c1cc(-c2[c-]cccc2)nc[c]1[Ge]([CH3])([CH3])[CH3])C(C)C.[Ir]. The Bertz CT molecular complexity index is 3160. The van der Waals surface area contributed by atoms with Gasteiger partial charge in [-0.3, -0.25) is 4.98 Å². The molecular weight excluding hydrogens is 997 g/mol. The Balaban J connectivity index is 0.000000245. The molecule has 0 spiro atoms. The molecule has 0 fully saturated rings. The van der Waals surface area contributed by atoms with Crippen molar-refractivity contribution in [2.45, 2.75) is 83.9 Å². The molecule has 7 heteroatoms. The fraction of sp³-hybridized carbons (Fsp3) is 0.255. The molecule has 0 atom stereocenters. The number of para-hydroxylation sites is 2. The first-order valence-corrected chi connectivity index (χ1v) is 28.5. The molecule has 0 aliphatic rings. The van der Waals surface area contributed by atoms with Gasteiger partial charge in [-0.25, -0.2) is 4.98 Å². The van der Waals surface area contributed by atoms with E-state index in [4.69, 9.17) is 16.3 Å². The number of aryl methyl sites for hydroxylation is 1. The third-order valence-corrected chi connectivity index (χ3v) is 15.2. The molecule has 4 heterocycles. The van der Waals surface area contributed by atoms with Crippen molar-refractivity contribution in [1.82, 2.24) is 19.5 Å². The van der Waals surface area contributed by atoms with E-state index in [0.29, 0.717) is 33.5 Å². The fourth-order valence-corrected chi connectivity index (χ4v) is 11.0. The van der Waals surface area contributed by atoms with Crippen molar-refractivity contribution in [3.63, 3.8) is 0 Å². The quantitative estimate of drug-likeness (QED) is 0.107. The van der Waals surface area contributed by atoms with Gasteiger partial charge in [0.15, 0.2) is 0 Å². The van der Waals surface area contributed by atoms with Crippen LogP contribution in [-0.2, 0) is 26.5 Å². The summed E-state index contributed by atoms with van der Waals surface area (Å²) in [4.78, 5) is 14.2. The van der Waals surface area contributed by atoms with Gasteiger partial charge in [0, 0.05) is 41.5 Å². The second kappa shape index (κ2) is 18.7. The third-order valence-electron chi connectivity index (χ3n) is 11.0. The van der Waals surface area contributed by atoms with Gasteiger partial charge in [0.05, 0.1) is 22.4 Å². The molecule has 0 bridgehead atoms. The van der Waals surface area contributed by atoms with Crippen molar-refractivity contribution in [3.8, 4) is 39.5 Å². The molecule has 9 rings (SSSR count). The number of pyridine rings is 2. The molecule has 0 aliphatic carbocycles. The monoisotopic (exact) mass is 1060 g/mol. The van der Waals surface area contributed by atoms with Crippen LogP contribution in [0.15, 0.2) is 132 Å². The Hall–Kier alpha value is -5.14. The van der Waals surface area contributed by atoms with Crippen LogP contribution >= 0.6 is 0 Å². The second-order valence-electron chi connectivity index (χ2n) is 17.6. The molecule has 0 unspecified atom stereocenters. The van der Waals surface area contributed by atoms with Crippen molar-refractivity contribution in [2.24, 2.45) is 5.92 Å². The van der Waals surface area contributed by atoms with Crippen molar-refractivity contribution >= 4 is 50.8 Å². The van der Waals surface area contributed by atoms with E-state index < -0.39 is 26.5 Å². The summed E-state index contributed by atoms with van der Waals surface area (Å²) in [5.41, 5.74) is 11.7.